The topological polar surface area (TPSA) is 55.5 Å². The van der Waals surface area contributed by atoms with E-state index in [9.17, 15) is 5.11 Å². The summed E-state index contributed by atoms with van der Waals surface area (Å²) in [4.78, 5) is 0. The molecule has 3 nitrogen and oxygen atoms in total. The van der Waals surface area contributed by atoms with Crippen molar-refractivity contribution in [3.63, 3.8) is 0 Å². The van der Waals surface area contributed by atoms with Crippen molar-refractivity contribution in [2.75, 3.05) is 7.11 Å². The highest BCUT2D eigenvalue weighted by molar-refractivity contribution is 5.91. The summed E-state index contributed by atoms with van der Waals surface area (Å²) in [6.45, 7) is 1.93. The van der Waals surface area contributed by atoms with Crippen LogP contribution in [0.1, 0.15) is 24.9 Å². The molecule has 0 bridgehead atoms. The number of fused-ring (bicyclic) bond motifs is 1. The molecule has 0 saturated carbocycles. The van der Waals surface area contributed by atoms with E-state index in [1.165, 1.54) is 0 Å². The number of aliphatic hydroxyl groups excluding tert-OH is 1. The van der Waals surface area contributed by atoms with E-state index < -0.39 is 6.10 Å². The maximum absolute atomic E-state index is 9.91. The molecule has 0 heterocycles. The molecule has 0 aliphatic carbocycles. The summed E-state index contributed by atoms with van der Waals surface area (Å²) in [7, 11) is 1.66. The number of aliphatic hydroxyl groups is 1. The highest BCUT2D eigenvalue weighted by Crippen LogP contribution is 2.32. The largest absolute Gasteiger partial charge is 0.496 e. The van der Waals surface area contributed by atoms with Crippen LogP contribution in [0.3, 0.4) is 0 Å². The fraction of sp³-hybridized carbons (Fsp3) is 0.333. The van der Waals surface area contributed by atoms with Gasteiger partial charge in [0, 0.05) is 5.39 Å². The summed E-state index contributed by atoms with van der Waals surface area (Å²) < 4.78 is 5.35. The zero-order chi connectivity index (χ0) is 13.1. The van der Waals surface area contributed by atoms with Crippen LogP contribution in [0.4, 0.5) is 0 Å². The second kappa shape index (κ2) is 5.38. The van der Waals surface area contributed by atoms with Crippen molar-refractivity contribution in [1.29, 1.82) is 0 Å². The quantitative estimate of drug-likeness (QED) is 0.870. The molecule has 3 N–H and O–H groups in total. The van der Waals surface area contributed by atoms with E-state index in [4.69, 9.17) is 10.5 Å². The smallest absolute Gasteiger partial charge is 0.126 e. The van der Waals surface area contributed by atoms with Crippen molar-refractivity contribution >= 4 is 10.8 Å². The number of methoxy groups -OCH3 is 1. The lowest BCUT2D eigenvalue weighted by atomic mass is 9.94. The second-order valence-corrected chi connectivity index (χ2v) is 4.40. The molecule has 2 atom stereocenters. The van der Waals surface area contributed by atoms with Gasteiger partial charge in [0.15, 0.2) is 0 Å². The van der Waals surface area contributed by atoms with Gasteiger partial charge >= 0.3 is 0 Å². The zero-order valence-electron chi connectivity index (χ0n) is 10.8. The van der Waals surface area contributed by atoms with Crippen LogP contribution in [0.15, 0.2) is 36.4 Å². The standard InChI is InChI=1S/C15H19NO2/c1-3-13(17)15(16)12-8-9-14(18-2)11-7-5-4-6-10(11)12/h4-9,13,15,17H,3,16H2,1-2H3/t13-,15+/m0/s1. The molecule has 0 unspecified atom stereocenters. The number of rotatable bonds is 4. The molecule has 18 heavy (non-hydrogen) atoms. The zero-order valence-corrected chi connectivity index (χ0v) is 10.8. The number of benzene rings is 2. The summed E-state index contributed by atoms with van der Waals surface area (Å²) in [5, 5.41) is 12.0. The van der Waals surface area contributed by atoms with Crippen molar-refractivity contribution in [1.82, 2.24) is 0 Å². The lowest BCUT2D eigenvalue weighted by molar-refractivity contribution is 0.141. The monoisotopic (exact) mass is 245 g/mol. The molecule has 0 aromatic heterocycles. The first kappa shape index (κ1) is 12.9. The SMILES string of the molecule is CC[C@H](O)[C@H](N)c1ccc(OC)c2ccccc12. The van der Waals surface area contributed by atoms with Crippen LogP contribution < -0.4 is 10.5 Å². The van der Waals surface area contributed by atoms with Gasteiger partial charge in [0.05, 0.1) is 19.3 Å². The van der Waals surface area contributed by atoms with Crippen molar-refractivity contribution in [3.8, 4) is 5.75 Å². The third-order valence-corrected chi connectivity index (χ3v) is 3.33. The van der Waals surface area contributed by atoms with Gasteiger partial charge in [-0.1, -0.05) is 37.3 Å². The Hall–Kier alpha value is -1.58. The van der Waals surface area contributed by atoms with Gasteiger partial charge in [-0.3, -0.25) is 0 Å². The third-order valence-electron chi connectivity index (χ3n) is 3.33. The molecule has 0 spiro atoms. The number of nitrogens with two attached hydrogens (primary N) is 1. The minimum Gasteiger partial charge on any atom is -0.496 e. The highest BCUT2D eigenvalue weighted by Gasteiger charge is 2.18. The molecule has 96 valence electrons. The van der Waals surface area contributed by atoms with Crippen molar-refractivity contribution in [3.05, 3.63) is 42.0 Å². The summed E-state index contributed by atoms with van der Waals surface area (Å²) in [5.74, 6) is 0.826. The average Bonchev–Trinajstić information content (AvgIpc) is 2.44. The van der Waals surface area contributed by atoms with E-state index in [2.05, 4.69) is 0 Å². The lowest BCUT2D eigenvalue weighted by Gasteiger charge is -2.20. The van der Waals surface area contributed by atoms with Gasteiger partial charge in [-0.25, -0.2) is 0 Å². The lowest BCUT2D eigenvalue weighted by Crippen LogP contribution is -2.25. The van der Waals surface area contributed by atoms with Gasteiger partial charge in [0.1, 0.15) is 5.75 Å². The Morgan fingerprint density at radius 1 is 1.17 bits per heavy atom. The van der Waals surface area contributed by atoms with E-state index in [0.717, 1.165) is 22.1 Å². The molecular formula is C15H19NO2. The van der Waals surface area contributed by atoms with E-state index in [0.29, 0.717) is 6.42 Å². The third kappa shape index (κ3) is 2.19. The van der Waals surface area contributed by atoms with E-state index >= 15 is 0 Å². The van der Waals surface area contributed by atoms with E-state index in [1.54, 1.807) is 7.11 Å². The fourth-order valence-corrected chi connectivity index (χ4v) is 2.22. The molecular weight excluding hydrogens is 226 g/mol. The Bertz CT molecular complexity index is 539. The van der Waals surface area contributed by atoms with Crippen LogP contribution in [0.2, 0.25) is 0 Å². The van der Waals surface area contributed by atoms with Crippen LogP contribution in [-0.2, 0) is 0 Å². The van der Waals surface area contributed by atoms with Gasteiger partial charge in [-0.2, -0.15) is 0 Å². The normalized spacial score (nSPS) is 14.4. The molecule has 0 saturated heterocycles. The fourth-order valence-electron chi connectivity index (χ4n) is 2.22. The second-order valence-electron chi connectivity index (χ2n) is 4.40. The molecule has 3 heteroatoms. The first-order chi connectivity index (χ1) is 8.69. The maximum atomic E-state index is 9.91. The van der Waals surface area contributed by atoms with E-state index in [-0.39, 0.29) is 6.04 Å². The molecule has 0 amide bonds. The maximum Gasteiger partial charge on any atom is 0.126 e. The molecule has 0 radical (unpaired) electrons. The minimum atomic E-state index is -0.526. The number of ether oxygens (including phenoxy) is 1. The Kier molecular flexibility index (Phi) is 3.84. The Morgan fingerprint density at radius 2 is 1.83 bits per heavy atom. The molecule has 0 aliphatic heterocycles. The summed E-state index contributed by atoms with van der Waals surface area (Å²) >= 11 is 0. The molecule has 2 aromatic rings. The van der Waals surface area contributed by atoms with Gasteiger partial charge in [-0.15, -0.1) is 0 Å². The average molecular weight is 245 g/mol. The summed E-state index contributed by atoms with van der Waals surface area (Å²) in [6, 6.07) is 11.4. The Balaban J connectivity index is 2.59. The van der Waals surface area contributed by atoms with Gasteiger partial charge in [-0.05, 0) is 23.4 Å². The minimum absolute atomic E-state index is 0.370. The number of hydrogen-bond donors (Lipinski definition) is 2. The van der Waals surface area contributed by atoms with Gasteiger partial charge in [0.25, 0.3) is 0 Å². The van der Waals surface area contributed by atoms with Crippen LogP contribution >= 0.6 is 0 Å². The van der Waals surface area contributed by atoms with Crippen molar-refractivity contribution in [2.24, 2.45) is 5.73 Å². The van der Waals surface area contributed by atoms with E-state index in [1.807, 2.05) is 43.3 Å². The van der Waals surface area contributed by atoms with Gasteiger partial charge in [0.2, 0.25) is 0 Å². The van der Waals surface area contributed by atoms with Crippen LogP contribution in [0.5, 0.6) is 5.75 Å². The first-order valence-corrected chi connectivity index (χ1v) is 6.18. The molecule has 0 aliphatic rings. The molecule has 2 rings (SSSR count). The predicted octanol–water partition coefficient (Wildman–Crippen LogP) is 2.62. The molecule has 2 aromatic carbocycles. The van der Waals surface area contributed by atoms with Crippen molar-refractivity contribution in [2.45, 2.75) is 25.5 Å². The summed E-state index contributed by atoms with van der Waals surface area (Å²) in [5.41, 5.74) is 7.07. The Labute approximate surface area is 107 Å². The molecule has 0 fully saturated rings. The van der Waals surface area contributed by atoms with Crippen LogP contribution in [0.25, 0.3) is 10.8 Å². The highest BCUT2D eigenvalue weighted by atomic mass is 16.5. The van der Waals surface area contributed by atoms with Crippen LogP contribution in [-0.4, -0.2) is 18.3 Å². The summed E-state index contributed by atoms with van der Waals surface area (Å²) in [6.07, 6.45) is 0.114. The predicted molar refractivity (Wildman–Crippen MR) is 73.7 cm³/mol. The van der Waals surface area contributed by atoms with Gasteiger partial charge < -0.3 is 15.6 Å². The number of hydrogen-bond acceptors (Lipinski definition) is 3. The first-order valence-electron chi connectivity index (χ1n) is 6.18. The van der Waals surface area contributed by atoms with Crippen molar-refractivity contribution < 1.29 is 9.84 Å². The van der Waals surface area contributed by atoms with Crippen LogP contribution in [0, 0.1) is 0 Å². The Morgan fingerprint density at radius 3 is 2.44 bits per heavy atom.